The number of hydrogen-bond donors (Lipinski definition) is 2. The smallest absolute Gasteiger partial charge is 0.293 e. The summed E-state index contributed by atoms with van der Waals surface area (Å²) in [4.78, 5) is 30.5. The van der Waals surface area contributed by atoms with Gasteiger partial charge in [0.15, 0.2) is 5.82 Å². The van der Waals surface area contributed by atoms with Gasteiger partial charge in [-0.3, -0.25) is 9.59 Å². The van der Waals surface area contributed by atoms with Gasteiger partial charge in [-0.2, -0.15) is 0 Å². The lowest BCUT2D eigenvalue weighted by Gasteiger charge is -2.16. The molecule has 0 fully saturated rings. The molecule has 2 rings (SSSR count). The molecule has 7 nitrogen and oxygen atoms in total. The maximum atomic E-state index is 12.6. The second-order valence-corrected chi connectivity index (χ2v) is 5.45. The van der Waals surface area contributed by atoms with Crippen molar-refractivity contribution in [1.29, 1.82) is 0 Å². The van der Waals surface area contributed by atoms with Crippen molar-refractivity contribution >= 4 is 22.8 Å². The van der Waals surface area contributed by atoms with Crippen LogP contribution in [-0.2, 0) is 11.3 Å². The number of carbonyl (C=O) groups is 1. The molecule has 0 aliphatic carbocycles. The van der Waals surface area contributed by atoms with Crippen molar-refractivity contribution in [2.24, 2.45) is 0 Å². The molecule has 7 heteroatoms. The number of rotatable bonds is 7. The first kappa shape index (κ1) is 17.0. The quantitative estimate of drug-likeness (QED) is 0.719. The van der Waals surface area contributed by atoms with Gasteiger partial charge >= 0.3 is 0 Å². The van der Waals surface area contributed by atoms with Gasteiger partial charge in [-0.05, 0) is 18.6 Å². The minimum Gasteiger partial charge on any atom is -0.396 e. The van der Waals surface area contributed by atoms with Gasteiger partial charge in [0.05, 0.1) is 11.0 Å². The average molecular weight is 318 g/mol. The normalized spacial score (nSPS) is 10.7. The minimum atomic E-state index is -0.211. The fourth-order valence-corrected chi connectivity index (χ4v) is 2.30. The first-order valence-corrected chi connectivity index (χ1v) is 7.59. The SMILES string of the molecule is CN(C)c1nc2ccccc2n(CCC(=O)NCCCO)c1=O. The number of para-hydroxylation sites is 2. The number of aromatic nitrogens is 2. The van der Waals surface area contributed by atoms with Gasteiger partial charge < -0.3 is 19.9 Å². The summed E-state index contributed by atoms with van der Waals surface area (Å²) in [5, 5.41) is 11.4. The van der Waals surface area contributed by atoms with Gasteiger partial charge in [0.1, 0.15) is 0 Å². The monoisotopic (exact) mass is 318 g/mol. The fourth-order valence-electron chi connectivity index (χ4n) is 2.30. The van der Waals surface area contributed by atoms with Crippen LogP contribution in [0.1, 0.15) is 12.8 Å². The number of aliphatic hydroxyl groups excluding tert-OH is 1. The van der Waals surface area contributed by atoms with E-state index in [1.54, 1.807) is 23.6 Å². The van der Waals surface area contributed by atoms with Crippen molar-refractivity contribution in [1.82, 2.24) is 14.9 Å². The van der Waals surface area contributed by atoms with Crippen LogP contribution in [0, 0.1) is 0 Å². The molecule has 0 aliphatic heterocycles. The van der Waals surface area contributed by atoms with Crippen LogP contribution >= 0.6 is 0 Å². The molecular formula is C16H22N4O3. The lowest BCUT2D eigenvalue weighted by atomic mass is 10.2. The van der Waals surface area contributed by atoms with Crippen LogP contribution in [0.4, 0.5) is 5.82 Å². The van der Waals surface area contributed by atoms with Gasteiger partial charge in [0.25, 0.3) is 5.56 Å². The molecule has 0 aliphatic rings. The number of hydrogen-bond acceptors (Lipinski definition) is 5. The van der Waals surface area contributed by atoms with Crippen LogP contribution < -0.4 is 15.8 Å². The van der Waals surface area contributed by atoms with E-state index in [1.807, 2.05) is 24.3 Å². The summed E-state index contributed by atoms with van der Waals surface area (Å²) in [6, 6.07) is 7.38. The molecular weight excluding hydrogens is 296 g/mol. The Morgan fingerprint density at radius 3 is 2.78 bits per heavy atom. The molecule has 0 atom stereocenters. The second-order valence-electron chi connectivity index (χ2n) is 5.45. The molecule has 0 unspecified atom stereocenters. The molecule has 2 N–H and O–H groups in total. The first-order chi connectivity index (χ1) is 11.0. The Balaban J connectivity index is 2.26. The molecule has 0 radical (unpaired) electrons. The highest BCUT2D eigenvalue weighted by Crippen LogP contribution is 2.13. The number of aryl methyl sites for hydroxylation is 1. The van der Waals surface area contributed by atoms with Crippen molar-refractivity contribution in [2.75, 3.05) is 32.1 Å². The Morgan fingerprint density at radius 1 is 1.35 bits per heavy atom. The number of benzene rings is 1. The summed E-state index contributed by atoms with van der Waals surface area (Å²) in [6.07, 6.45) is 0.723. The van der Waals surface area contributed by atoms with Crippen molar-refractivity contribution in [3.63, 3.8) is 0 Å². The van der Waals surface area contributed by atoms with Gasteiger partial charge in [0.2, 0.25) is 5.91 Å². The lowest BCUT2D eigenvalue weighted by molar-refractivity contribution is -0.121. The second kappa shape index (κ2) is 7.73. The van der Waals surface area contributed by atoms with Crippen LogP contribution in [0.25, 0.3) is 11.0 Å². The Hall–Kier alpha value is -2.41. The number of amides is 1. The summed E-state index contributed by atoms with van der Waals surface area (Å²) in [5.41, 5.74) is 1.22. The molecule has 2 aromatic rings. The molecule has 1 amide bonds. The van der Waals surface area contributed by atoms with Crippen LogP contribution in [0.2, 0.25) is 0 Å². The molecule has 1 aromatic heterocycles. The Labute approximate surface area is 134 Å². The lowest BCUT2D eigenvalue weighted by Crippen LogP contribution is -2.31. The maximum Gasteiger partial charge on any atom is 0.293 e. The van der Waals surface area contributed by atoms with Crippen molar-refractivity contribution in [3.8, 4) is 0 Å². The zero-order valence-corrected chi connectivity index (χ0v) is 13.5. The number of fused-ring (bicyclic) bond motifs is 1. The Morgan fingerprint density at radius 2 is 2.09 bits per heavy atom. The third-order valence-corrected chi connectivity index (χ3v) is 3.48. The van der Waals surface area contributed by atoms with E-state index >= 15 is 0 Å². The van der Waals surface area contributed by atoms with E-state index in [4.69, 9.17) is 5.11 Å². The maximum absolute atomic E-state index is 12.6. The van der Waals surface area contributed by atoms with Gasteiger partial charge in [-0.1, -0.05) is 12.1 Å². The van der Waals surface area contributed by atoms with E-state index in [1.165, 1.54) is 0 Å². The largest absolute Gasteiger partial charge is 0.396 e. The molecule has 124 valence electrons. The number of anilines is 1. The summed E-state index contributed by atoms with van der Waals surface area (Å²) in [6.45, 7) is 0.763. The van der Waals surface area contributed by atoms with E-state index in [-0.39, 0.29) is 31.0 Å². The van der Waals surface area contributed by atoms with Gasteiger partial charge in [-0.15, -0.1) is 0 Å². The molecule has 0 saturated heterocycles. The Bertz CT molecular complexity index is 740. The predicted octanol–water partition coefficient (Wildman–Crippen LogP) is 0.351. The highest BCUT2D eigenvalue weighted by Gasteiger charge is 2.13. The van der Waals surface area contributed by atoms with Crippen LogP contribution in [-0.4, -0.2) is 47.8 Å². The third kappa shape index (κ3) is 4.07. The third-order valence-electron chi connectivity index (χ3n) is 3.48. The van der Waals surface area contributed by atoms with Crippen molar-refractivity contribution in [3.05, 3.63) is 34.6 Å². The van der Waals surface area contributed by atoms with Gasteiger partial charge in [0, 0.05) is 40.2 Å². The highest BCUT2D eigenvalue weighted by atomic mass is 16.3. The van der Waals surface area contributed by atoms with Crippen molar-refractivity contribution < 1.29 is 9.90 Å². The number of aliphatic hydroxyl groups is 1. The van der Waals surface area contributed by atoms with Gasteiger partial charge in [-0.25, -0.2) is 4.98 Å². The van der Waals surface area contributed by atoms with E-state index < -0.39 is 0 Å². The predicted molar refractivity (Wildman–Crippen MR) is 89.7 cm³/mol. The molecule has 0 bridgehead atoms. The van der Waals surface area contributed by atoms with E-state index in [0.717, 1.165) is 5.52 Å². The standard InChI is InChI=1S/C16H22N4O3/c1-19(2)15-16(23)20(10-8-14(22)17-9-5-11-21)13-7-4-3-6-12(13)18-15/h3-4,6-7,21H,5,8-11H2,1-2H3,(H,17,22). The minimum absolute atomic E-state index is 0.0426. The number of carbonyl (C=O) groups excluding carboxylic acids is 1. The van der Waals surface area contributed by atoms with E-state index in [9.17, 15) is 9.59 Å². The summed E-state index contributed by atoms with van der Waals surface area (Å²) < 4.78 is 1.59. The van der Waals surface area contributed by atoms with E-state index in [2.05, 4.69) is 10.3 Å². The first-order valence-electron chi connectivity index (χ1n) is 7.59. The van der Waals surface area contributed by atoms with Crippen LogP contribution in [0.5, 0.6) is 0 Å². The average Bonchev–Trinajstić information content (AvgIpc) is 2.53. The zero-order chi connectivity index (χ0) is 16.8. The van der Waals surface area contributed by atoms with E-state index in [0.29, 0.717) is 24.3 Å². The zero-order valence-electron chi connectivity index (χ0n) is 13.5. The fraction of sp³-hybridized carbons (Fsp3) is 0.438. The van der Waals surface area contributed by atoms with Crippen LogP contribution in [0.15, 0.2) is 29.1 Å². The van der Waals surface area contributed by atoms with Crippen molar-refractivity contribution in [2.45, 2.75) is 19.4 Å². The molecule has 1 heterocycles. The Kier molecular flexibility index (Phi) is 5.70. The molecule has 0 spiro atoms. The summed E-state index contributed by atoms with van der Waals surface area (Å²) in [5.74, 6) is 0.210. The summed E-state index contributed by atoms with van der Waals surface area (Å²) >= 11 is 0. The number of nitrogens with one attached hydrogen (secondary N) is 1. The highest BCUT2D eigenvalue weighted by molar-refractivity contribution is 5.78. The molecule has 1 aromatic carbocycles. The molecule has 0 saturated carbocycles. The van der Waals surface area contributed by atoms with Crippen LogP contribution in [0.3, 0.4) is 0 Å². The molecule has 23 heavy (non-hydrogen) atoms. The number of nitrogens with zero attached hydrogens (tertiary/aromatic N) is 3. The topological polar surface area (TPSA) is 87.5 Å². The summed E-state index contributed by atoms with van der Waals surface area (Å²) in [7, 11) is 3.54.